The maximum atomic E-state index is 11.9. The third kappa shape index (κ3) is 4.44. The molecule has 0 bridgehead atoms. The van der Waals surface area contributed by atoms with Gasteiger partial charge in [-0.2, -0.15) is 13.2 Å². The fraction of sp³-hybridized carbons (Fsp3) is 0.200. The van der Waals surface area contributed by atoms with Gasteiger partial charge in [0.25, 0.3) is 0 Å². The van der Waals surface area contributed by atoms with Crippen LogP contribution in [0.3, 0.4) is 0 Å². The van der Waals surface area contributed by atoms with Crippen LogP contribution in [0.25, 0.3) is 0 Å². The van der Waals surface area contributed by atoms with E-state index in [1.54, 1.807) is 0 Å². The Kier molecular flexibility index (Phi) is 4.11. The molecule has 0 fully saturated rings. The van der Waals surface area contributed by atoms with Gasteiger partial charge < -0.3 is 5.32 Å². The SMILES string of the molecule is O=C(CC(=O)C(F)(F)F)Nc1cccc(Cl)c1. The molecule has 3 nitrogen and oxygen atoms in total. The number of nitrogens with one attached hydrogen (secondary N) is 1. The van der Waals surface area contributed by atoms with Gasteiger partial charge in [0.15, 0.2) is 0 Å². The highest BCUT2D eigenvalue weighted by Crippen LogP contribution is 2.19. The van der Waals surface area contributed by atoms with Crippen molar-refractivity contribution in [3.05, 3.63) is 29.3 Å². The standard InChI is InChI=1S/C10H7ClF3NO2/c11-6-2-1-3-7(4-6)15-9(17)5-8(16)10(12,13)14/h1-4H,5H2,(H,15,17). The molecule has 1 aromatic rings. The molecule has 0 heterocycles. The summed E-state index contributed by atoms with van der Waals surface area (Å²) in [5, 5.41) is 2.47. The Labute approximate surface area is 99.6 Å². The van der Waals surface area contributed by atoms with Gasteiger partial charge in [-0.25, -0.2) is 0 Å². The van der Waals surface area contributed by atoms with Crippen LogP contribution in [-0.2, 0) is 9.59 Å². The zero-order valence-corrected chi connectivity index (χ0v) is 9.10. The average Bonchev–Trinajstić information content (AvgIpc) is 2.15. The molecular weight excluding hydrogens is 259 g/mol. The lowest BCUT2D eigenvalue weighted by atomic mass is 10.2. The Bertz CT molecular complexity index is 445. The smallest absolute Gasteiger partial charge is 0.326 e. The monoisotopic (exact) mass is 265 g/mol. The van der Waals surface area contributed by atoms with Gasteiger partial charge in [0.2, 0.25) is 11.7 Å². The number of rotatable bonds is 3. The molecule has 1 rings (SSSR count). The second-order valence-corrected chi connectivity index (χ2v) is 3.59. The number of benzene rings is 1. The first kappa shape index (κ1) is 13.5. The molecule has 1 N–H and O–H groups in total. The van der Waals surface area contributed by atoms with Crippen molar-refractivity contribution in [2.24, 2.45) is 0 Å². The van der Waals surface area contributed by atoms with Gasteiger partial charge >= 0.3 is 6.18 Å². The van der Waals surface area contributed by atoms with E-state index in [0.717, 1.165) is 0 Å². The van der Waals surface area contributed by atoms with Crippen molar-refractivity contribution < 1.29 is 22.8 Å². The summed E-state index contributed by atoms with van der Waals surface area (Å²) in [4.78, 5) is 21.6. The molecule has 0 aliphatic rings. The normalized spacial score (nSPS) is 11.1. The van der Waals surface area contributed by atoms with Crippen molar-refractivity contribution in [3.63, 3.8) is 0 Å². The highest BCUT2D eigenvalue weighted by molar-refractivity contribution is 6.30. The van der Waals surface area contributed by atoms with E-state index in [0.29, 0.717) is 5.02 Å². The van der Waals surface area contributed by atoms with Crippen LogP contribution < -0.4 is 5.32 Å². The molecule has 7 heteroatoms. The van der Waals surface area contributed by atoms with Gasteiger partial charge in [-0.1, -0.05) is 17.7 Å². The molecule has 0 atom stereocenters. The Morgan fingerprint density at radius 3 is 2.47 bits per heavy atom. The van der Waals surface area contributed by atoms with Gasteiger partial charge in [-0.3, -0.25) is 9.59 Å². The van der Waals surface area contributed by atoms with Crippen LogP contribution in [0.1, 0.15) is 6.42 Å². The zero-order chi connectivity index (χ0) is 13.1. The first-order valence-electron chi connectivity index (χ1n) is 4.44. The lowest BCUT2D eigenvalue weighted by Crippen LogP contribution is -2.27. The highest BCUT2D eigenvalue weighted by Gasteiger charge is 2.39. The first-order valence-corrected chi connectivity index (χ1v) is 4.82. The Morgan fingerprint density at radius 2 is 1.94 bits per heavy atom. The van der Waals surface area contributed by atoms with Crippen molar-refractivity contribution in [3.8, 4) is 0 Å². The number of carbonyl (C=O) groups is 2. The molecule has 0 radical (unpaired) electrons. The first-order chi connectivity index (χ1) is 7.79. The number of anilines is 1. The summed E-state index contributed by atoms with van der Waals surface area (Å²) >= 11 is 5.61. The van der Waals surface area contributed by atoms with Crippen molar-refractivity contribution in [2.45, 2.75) is 12.6 Å². The predicted molar refractivity (Wildman–Crippen MR) is 55.8 cm³/mol. The number of alkyl halides is 3. The fourth-order valence-electron chi connectivity index (χ4n) is 1.02. The number of amides is 1. The number of ketones is 1. The minimum atomic E-state index is -4.99. The molecule has 0 unspecified atom stereocenters. The van der Waals surface area contributed by atoms with Gasteiger partial charge in [0.1, 0.15) is 0 Å². The molecule has 92 valence electrons. The van der Waals surface area contributed by atoms with E-state index < -0.39 is 24.3 Å². The fourth-order valence-corrected chi connectivity index (χ4v) is 1.21. The maximum absolute atomic E-state index is 11.9. The summed E-state index contributed by atoms with van der Waals surface area (Å²) in [6.45, 7) is 0. The molecule has 0 saturated carbocycles. The highest BCUT2D eigenvalue weighted by atomic mass is 35.5. The maximum Gasteiger partial charge on any atom is 0.450 e. The van der Waals surface area contributed by atoms with E-state index in [4.69, 9.17) is 11.6 Å². The summed E-state index contributed by atoms with van der Waals surface area (Å²) in [7, 11) is 0. The lowest BCUT2D eigenvalue weighted by molar-refractivity contribution is -0.171. The van der Waals surface area contributed by atoms with E-state index >= 15 is 0 Å². The van der Waals surface area contributed by atoms with Crippen molar-refractivity contribution >= 4 is 29.0 Å². The van der Waals surface area contributed by atoms with Crippen molar-refractivity contribution in [1.82, 2.24) is 0 Å². The number of Topliss-reactive ketones (excluding diaryl/α,β-unsaturated/α-hetero) is 1. The quantitative estimate of drug-likeness (QED) is 0.854. The van der Waals surface area contributed by atoms with Crippen LogP contribution in [0.2, 0.25) is 5.02 Å². The Balaban J connectivity index is 2.59. The van der Waals surface area contributed by atoms with E-state index in [-0.39, 0.29) is 5.69 Å². The summed E-state index contributed by atoms with van der Waals surface area (Å²) in [6, 6.07) is 5.86. The van der Waals surface area contributed by atoms with Crippen LogP contribution >= 0.6 is 11.6 Å². The average molecular weight is 266 g/mol. The molecule has 0 spiro atoms. The lowest BCUT2D eigenvalue weighted by Gasteiger charge is -2.06. The molecule has 1 aromatic carbocycles. The summed E-state index contributed by atoms with van der Waals surface area (Å²) in [6.07, 6.45) is -6.23. The third-order valence-electron chi connectivity index (χ3n) is 1.75. The van der Waals surface area contributed by atoms with Crippen molar-refractivity contribution in [2.75, 3.05) is 5.32 Å². The van der Waals surface area contributed by atoms with Gasteiger partial charge in [-0.05, 0) is 18.2 Å². The number of hydrogen-bond acceptors (Lipinski definition) is 2. The van der Waals surface area contributed by atoms with E-state index in [1.807, 2.05) is 0 Å². The van der Waals surface area contributed by atoms with Crippen LogP contribution in [0.5, 0.6) is 0 Å². The molecule has 0 aromatic heterocycles. The molecule has 1 amide bonds. The van der Waals surface area contributed by atoms with Gasteiger partial charge in [0.05, 0.1) is 6.42 Å². The van der Waals surface area contributed by atoms with E-state index in [1.165, 1.54) is 24.3 Å². The molecule has 0 saturated heterocycles. The van der Waals surface area contributed by atoms with Crippen LogP contribution in [-0.4, -0.2) is 17.9 Å². The molecule has 0 aliphatic carbocycles. The van der Waals surface area contributed by atoms with Gasteiger partial charge in [0, 0.05) is 10.7 Å². The summed E-state index contributed by atoms with van der Waals surface area (Å²) < 4.78 is 35.6. The number of carbonyl (C=O) groups excluding carboxylic acids is 2. The van der Waals surface area contributed by atoms with Crippen LogP contribution in [0, 0.1) is 0 Å². The molecular formula is C10H7ClF3NO2. The second kappa shape index (κ2) is 5.18. The van der Waals surface area contributed by atoms with Gasteiger partial charge in [-0.15, -0.1) is 0 Å². The summed E-state index contributed by atoms with van der Waals surface area (Å²) in [5.74, 6) is -3.12. The summed E-state index contributed by atoms with van der Waals surface area (Å²) in [5.41, 5.74) is 0.234. The topological polar surface area (TPSA) is 46.2 Å². The number of halogens is 4. The zero-order valence-electron chi connectivity index (χ0n) is 8.34. The van der Waals surface area contributed by atoms with E-state index in [2.05, 4.69) is 5.32 Å². The predicted octanol–water partition coefficient (Wildman–Crippen LogP) is 2.80. The Hall–Kier alpha value is -1.56. The second-order valence-electron chi connectivity index (χ2n) is 3.16. The van der Waals surface area contributed by atoms with E-state index in [9.17, 15) is 22.8 Å². The minimum absolute atomic E-state index is 0.234. The third-order valence-corrected chi connectivity index (χ3v) is 1.98. The number of hydrogen-bond donors (Lipinski definition) is 1. The molecule has 0 aliphatic heterocycles. The molecule has 17 heavy (non-hydrogen) atoms. The van der Waals surface area contributed by atoms with Crippen LogP contribution in [0.15, 0.2) is 24.3 Å². The largest absolute Gasteiger partial charge is 0.450 e. The minimum Gasteiger partial charge on any atom is -0.326 e. The van der Waals surface area contributed by atoms with Crippen molar-refractivity contribution in [1.29, 1.82) is 0 Å². The Morgan fingerprint density at radius 1 is 1.29 bits per heavy atom. The van der Waals surface area contributed by atoms with Crippen LogP contribution in [0.4, 0.5) is 18.9 Å².